The smallest absolute Gasteiger partial charge is 0.0654 e. The minimum Gasteiger partial charge on any atom is -0.0654 e. The van der Waals surface area contributed by atoms with E-state index in [4.69, 9.17) is 14.2 Å². The molecule has 72 heavy (non-hydrogen) atoms. The first-order valence-electron chi connectivity index (χ1n) is 27.7. The van der Waals surface area contributed by atoms with E-state index in [1.165, 1.54) is 154 Å². The number of rotatable bonds is 39. The van der Waals surface area contributed by atoms with Gasteiger partial charge in [-0.05, 0) is 0 Å². The van der Waals surface area contributed by atoms with Crippen LogP contribution in [0.4, 0.5) is 0 Å². The van der Waals surface area contributed by atoms with Crippen molar-refractivity contribution in [2.45, 2.75) is 223 Å². The van der Waals surface area contributed by atoms with E-state index < -0.39 is 9.63 Å². The van der Waals surface area contributed by atoms with Crippen LogP contribution in [0, 0.1) is 68.0 Å². The van der Waals surface area contributed by atoms with Gasteiger partial charge in [-0.2, -0.15) is 0 Å². The quantitative estimate of drug-likeness (QED) is 0.0358. The van der Waals surface area contributed by atoms with E-state index in [1.54, 1.807) is 0 Å². The zero-order valence-electron chi connectivity index (χ0n) is 44.0. The third kappa shape index (κ3) is 19.2. The Morgan fingerprint density at radius 3 is 1.00 bits per heavy atom. The topological polar surface area (TPSA) is 175 Å². The summed E-state index contributed by atoms with van der Waals surface area (Å²) in [4.78, 5) is -0.897. The van der Waals surface area contributed by atoms with Gasteiger partial charge in [-0.15, -0.1) is 0 Å². The van der Waals surface area contributed by atoms with Gasteiger partial charge in [-0.1, -0.05) is 143 Å². The summed E-state index contributed by atoms with van der Waals surface area (Å²) in [7, 11) is 0. The van der Waals surface area contributed by atoms with E-state index in [0.717, 1.165) is 63.8 Å². The number of benzene rings is 1. The van der Waals surface area contributed by atoms with E-state index in [-0.39, 0.29) is 52.2 Å². The molecule has 0 saturated heterocycles. The van der Waals surface area contributed by atoms with Crippen molar-refractivity contribution in [3.8, 4) is 59.4 Å². The second-order valence-electron chi connectivity index (χ2n) is 19.3. The van der Waals surface area contributed by atoms with Crippen molar-refractivity contribution in [3.63, 3.8) is 0 Å². The van der Waals surface area contributed by atoms with Crippen LogP contribution in [0.5, 0.6) is 17.2 Å². The minimum atomic E-state index is -0.448. The molecule has 0 fully saturated rings. The third-order valence-electron chi connectivity index (χ3n) is 13.6. The van der Waals surface area contributed by atoms with Gasteiger partial charge in [0.1, 0.15) is 0 Å². The fraction of sp³-hybridized carbons (Fsp3) is 0.633. The zero-order valence-corrected chi connectivity index (χ0v) is 47.4. The normalized spacial score (nSPS) is 14.0. The molecule has 0 bridgehead atoms. The van der Waals surface area contributed by atoms with Gasteiger partial charge in [-0.25, -0.2) is 0 Å². The summed E-state index contributed by atoms with van der Waals surface area (Å²) >= 11 is -0.741. The fourth-order valence-electron chi connectivity index (χ4n) is 9.44. The predicted octanol–water partition coefficient (Wildman–Crippen LogP) is 12.9. The Hall–Kier alpha value is -4.90. The molecule has 0 aliphatic carbocycles. The van der Waals surface area contributed by atoms with E-state index >= 15 is 0 Å². The van der Waals surface area contributed by atoms with Gasteiger partial charge in [0.25, 0.3) is 0 Å². The molecule has 12 heteroatoms. The van der Waals surface area contributed by atoms with Crippen LogP contribution in [-0.4, -0.2) is 54.3 Å². The van der Waals surface area contributed by atoms with Crippen LogP contribution in [0.1, 0.15) is 213 Å². The monoisotopic (exact) mass is 1110 g/mol. The minimum absolute atomic E-state index is 0.146. The third-order valence-corrected chi connectivity index (χ3v) is 19.6. The Kier molecular flexibility index (Phi) is 29.9. The van der Waals surface area contributed by atoms with Gasteiger partial charge in [0.15, 0.2) is 0 Å². The molecular weight excluding hydrogens is 1020 g/mol. The summed E-state index contributed by atoms with van der Waals surface area (Å²) in [5.74, 6) is 1.82. The van der Waals surface area contributed by atoms with E-state index in [9.17, 15) is 31.6 Å². The van der Waals surface area contributed by atoms with Crippen LogP contribution in [0.15, 0.2) is 34.4 Å². The maximum atomic E-state index is 10.3. The Bertz CT molecular complexity index is 2270. The first-order valence-corrected chi connectivity index (χ1v) is 31.4. The molecule has 386 valence electrons. The van der Waals surface area contributed by atoms with Crippen molar-refractivity contribution in [2.75, 3.05) is 19.8 Å². The summed E-state index contributed by atoms with van der Waals surface area (Å²) in [5.41, 5.74) is 0.671. The number of unbranched alkanes of at least 4 members (excludes halogenated alkanes) is 27. The van der Waals surface area contributed by atoms with Crippen molar-refractivity contribution in [1.29, 1.82) is 31.6 Å². The Morgan fingerprint density at radius 1 is 0.417 bits per heavy atom. The molecule has 0 saturated carbocycles. The van der Waals surface area contributed by atoms with Gasteiger partial charge < -0.3 is 0 Å². The average Bonchev–Trinajstić information content (AvgIpc) is 4.09. The molecule has 0 N–H and O–H groups in total. The van der Waals surface area contributed by atoms with E-state index in [0.29, 0.717) is 37.1 Å². The summed E-state index contributed by atoms with van der Waals surface area (Å²) in [6.07, 6.45) is 40.6. The second-order valence-corrected chi connectivity index (χ2v) is 24.1. The molecule has 0 spiro atoms. The number of nitrogens with zero attached hydrogens (tertiary/aromatic N) is 7. The second kappa shape index (κ2) is 36.1. The molecule has 4 rings (SSSR count). The maximum absolute atomic E-state index is 10.3. The molecule has 2 aliphatic rings. The van der Waals surface area contributed by atoms with E-state index in [2.05, 4.69) is 37.5 Å². The van der Waals surface area contributed by atoms with Gasteiger partial charge in [0, 0.05) is 0 Å². The molecule has 2 aromatic rings. The van der Waals surface area contributed by atoms with Crippen LogP contribution in [0.3, 0.4) is 0 Å². The molecular formula is C60H81N7O3Se2. The summed E-state index contributed by atoms with van der Waals surface area (Å²) in [6, 6.07) is 16.1. The van der Waals surface area contributed by atoms with E-state index in [1.807, 2.05) is 48.6 Å². The molecule has 2 atom stereocenters. The molecule has 2 unspecified atom stereocenters. The van der Waals surface area contributed by atoms with Crippen molar-refractivity contribution < 1.29 is 14.2 Å². The van der Waals surface area contributed by atoms with Crippen LogP contribution < -0.4 is 33.8 Å². The number of allylic oxidation sites excluding steroid dienone is 4. The van der Waals surface area contributed by atoms with Crippen molar-refractivity contribution >= 4 is 51.0 Å². The molecule has 3 heterocycles. The van der Waals surface area contributed by atoms with Gasteiger partial charge in [0.05, 0.1) is 0 Å². The summed E-state index contributed by atoms with van der Waals surface area (Å²) in [5, 5.41) is 61.7. The number of nitriles is 6. The van der Waals surface area contributed by atoms with Gasteiger partial charge in [0.2, 0.25) is 0 Å². The average molecular weight is 1110 g/mol. The van der Waals surface area contributed by atoms with Crippen LogP contribution in [0.2, 0.25) is 9.63 Å². The van der Waals surface area contributed by atoms with Crippen LogP contribution in [0.25, 0.3) is 17.8 Å². The molecule has 2 aliphatic heterocycles. The number of fused-ring (bicyclic) bond motifs is 3. The number of hydrogen-bond donors (Lipinski definition) is 0. The van der Waals surface area contributed by atoms with Gasteiger partial charge in [-0.3, -0.25) is 0 Å². The van der Waals surface area contributed by atoms with Crippen molar-refractivity contribution in [3.05, 3.63) is 45.1 Å². The zero-order chi connectivity index (χ0) is 51.6. The molecule has 1 aromatic carbocycles. The summed E-state index contributed by atoms with van der Waals surface area (Å²) < 4.78 is 24.5. The van der Waals surface area contributed by atoms with Crippen LogP contribution in [-0.2, 0) is 0 Å². The Morgan fingerprint density at radius 2 is 0.708 bits per heavy atom. The standard InChI is InChI=1S/C60H81N7O3Se2/c1-4-7-10-13-16-19-22-25-28-31-34-68-54-37-49(38-55(69-35-32-29-26-23-20-17-14-11-8-5-2)58(54)70-36-33-30-27-24-21-18-15-12-9-6-3)67-52-39-56(50(45-65)47(41-61)42-62)71-59(52)60-53(67)40-57(72-60)51(46-66)48(43-63)44-64/h37-40,56-57H,4-36H2,1-3H3. The Balaban J connectivity index is 1.73. The number of aromatic nitrogens is 1. The Labute approximate surface area is 446 Å². The fourth-order valence-corrected chi connectivity index (χ4v) is 15.6. The first kappa shape index (κ1) is 59.7. The number of ether oxygens (including phenoxy) is 3. The molecule has 0 radical (unpaired) electrons. The number of hydrogen-bond acceptors (Lipinski definition) is 9. The SMILES string of the molecule is CCCCCCCCCCCCOc1cc(-n2c3c(c4c2=CC(C(C#N)=C(C#N)C#N)[Se]4)[Se]C(C(C#N)=C(C#N)C#N)C=3)cc(OCCCCCCCCCCCC)c1OCCCCCCCCCCCC. The van der Waals surface area contributed by atoms with Gasteiger partial charge >= 0.3 is 306 Å². The molecule has 10 nitrogen and oxygen atoms in total. The molecule has 1 aromatic heterocycles. The first-order chi connectivity index (χ1) is 35.4. The summed E-state index contributed by atoms with van der Waals surface area (Å²) in [6.45, 7) is 8.35. The molecule has 0 amide bonds. The predicted molar refractivity (Wildman–Crippen MR) is 292 cm³/mol. The van der Waals surface area contributed by atoms with Crippen molar-refractivity contribution in [1.82, 2.24) is 4.57 Å². The van der Waals surface area contributed by atoms with Crippen molar-refractivity contribution in [2.24, 2.45) is 0 Å². The van der Waals surface area contributed by atoms with Crippen LogP contribution >= 0.6 is 0 Å².